The zero-order valence-electron chi connectivity index (χ0n) is 24.2. The Hall–Kier alpha value is -2.92. The van der Waals surface area contributed by atoms with Crippen molar-refractivity contribution in [1.82, 2.24) is 14.7 Å². The second-order valence-corrected chi connectivity index (χ2v) is 12.3. The van der Waals surface area contributed by atoms with Crippen molar-refractivity contribution in [3.05, 3.63) is 70.3 Å². The number of ether oxygens (including phenoxy) is 3. The Morgan fingerprint density at radius 1 is 1.02 bits per heavy atom. The molecule has 11 heteroatoms. The van der Waals surface area contributed by atoms with Crippen molar-refractivity contribution in [1.29, 1.82) is 0 Å². The minimum Gasteiger partial charge on any atom is -0.493 e. The summed E-state index contributed by atoms with van der Waals surface area (Å²) in [5.74, 6) is 2.24. The number of nitrogens with zero attached hydrogens (tertiary/aromatic N) is 3. The third kappa shape index (κ3) is 8.09. The summed E-state index contributed by atoms with van der Waals surface area (Å²) < 4.78 is 46.4. The van der Waals surface area contributed by atoms with E-state index in [9.17, 15) is 8.42 Å². The summed E-state index contributed by atoms with van der Waals surface area (Å²) in [6.45, 7) is 12.1. The molecule has 2 aromatic carbocycles. The summed E-state index contributed by atoms with van der Waals surface area (Å²) in [7, 11) is -3.69. The molecule has 0 saturated carbocycles. The van der Waals surface area contributed by atoms with Crippen molar-refractivity contribution in [3.63, 3.8) is 0 Å². The Morgan fingerprint density at radius 3 is 2.44 bits per heavy atom. The third-order valence-electron chi connectivity index (χ3n) is 6.61. The van der Waals surface area contributed by atoms with E-state index in [4.69, 9.17) is 30.8 Å². The number of halogens is 1. The number of aromatic nitrogens is 2. The molecule has 1 N–H and O–H groups in total. The number of sulfonamides is 1. The van der Waals surface area contributed by atoms with Crippen LogP contribution in [0, 0.1) is 5.92 Å². The standard InChI is InChI=1S/C30H39ClN4O5S/c1-5-39-27-18-26(35-11-13-38-14-12-35)28(40-6-2)16-23(27)17-30-32-20-24(31)25(34-30)15-22-9-7-8-10-29(22)41(36,37)33-19-21(3)4/h7-10,16,18,20-21,33H,5-6,11-15,17,19H2,1-4H3. The fourth-order valence-electron chi connectivity index (χ4n) is 4.61. The highest BCUT2D eigenvalue weighted by molar-refractivity contribution is 7.89. The van der Waals surface area contributed by atoms with Crippen LogP contribution in [-0.4, -0.2) is 64.4 Å². The van der Waals surface area contributed by atoms with Gasteiger partial charge in [-0.15, -0.1) is 0 Å². The molecule has 0 unspecified atom stereocenters. The van der Waals surface area contributed by atoms with Gasteiger partial charge in [0.1, 0.15) is 17.3 Å². The minimum absolute atomic E-state index is 0.184. The average Bonchev–Trinajstić information content (AvgIpc) is 2.96. The summed E-state index contributed by atoms with van der Waals surface area (Å²) in [6.07, 6.45) is 2.20. The zero-order valence-corrected chi connectivity index (χ0v) is 25.7. The molecule has 4 rings (SSSR count). The second kappa shape index (κ2) is 14.3. The number of nitrogens with one attached hydrogen (secondary N) is 1. The monoisotopic (exact) mass is 602 g/mol. The highest BCUT2D eigenvalue weighted by Crippen LogP contribution is 2.37. The lowest BCUT2D eigenvalue weighted by molar-refractivity contribution is 0.122. The molecule has 3 aromatic rings. The van der Waals surface area contributed by atoms with E-state index >= 15 is 0 Å². The van der Waals surface area contributed by atoms with Gasteiger partial charge in [0.25, 0.3) is 0 Å². The first-order valence-electron chi connectivity index (χ1n) is 14.0. The van der Waals surface area contributed by atoms with Gasteiger partial charge in [-0.25, -0.2) is 23.1 Å². The van der Waals surface area contributed by atoms with E-state index in [-0.39, 0.29) is 17.2 Å². The van der Waals surface area contributed by atoms with Crippen LogP contribution in [0.5, 0.6) is 11.5 Å². The third-order valence-corrected chi connectivity index (χ3v) is 8.45. The molecule has 0 bridgehead atoms. The van der Waals surface area contributed by atoms with Gasteiger partial charge in [0.2, 0.25) is 10.0 Å². The molecule has 2 heterocycles. The molecular weight excluding hydrogens is 564 g/mol. The van der Waals surface area contributed by atoms with Crippen LogP contribution >= 0.6 is 11.6 Å². The number of hydrogen-bond donors (Lipinski definition) is 1. The topological polar surface area (TPSA) is 103 Å². The summed E-state index contributed by atoms with van der Waals surface area (Å²) in [5.41, 5.74) is 3.03. The van der Waals surface area contributed by atoms with E-state index in [1.54, 1.807) is 24.4 Å². The van der Waals surface area contributed by atoms with Crippen LogP contribution in [0.4, 0.5) is 5.69 Å². The van der Waals surface area contributed by atoms with Gasteiger partial charge in [-0.1, -0.05) is 43.6 Å². The molecule has 1 aromatic heterocycles. The summed E-state index contributed by atoms with van der Waals surface area (Å²) in [4.78, 5) is 11.7. The number of hydrogen-bond acceptors (Lipinski definition) is 8. The van der Waals surface area contributed by atoms with Gasteiger partial charge in [-0.3, -0.25) is 0 Å². The molecule has 9 nitrogen and oxygen atoms in total. The van der Waals surface area contributed by atoms with Gasteiger partial charge in [0, 0.05) is 50.3 Å². The number of rotatable bonds is 13. The van der Waals surface area contributed by atoms with Crippen LogP contribution in [0.3, 0.4) is 0 Å². The fraction of sp³-hybridized carbons (Fsp3) is 0.467. The van der Waals surface area contributed by atoms with Gasteiger partial charge < -0.3 is 19.1 Å². The minimum atomic E-state index is -3.69. The Kier molecular flexibility index (Phi) is 10.8. The van der Waals surface area contributed by atoms with Crippen molar-refractivity contribution in [2.24, 2.45) is 5.92 Å². The fourth-order valence-corrected chi connectivity index (χ4v) is 6.22. The predicted molar refractivity (Wildman–Crippen MR) is 161 cm³/mol. The van der Waals surface area contributed by atoms with Crippen molar-refractivity contribution in [2.75, 3.05) is 51.0 Å². The molecule has 0 spiro atoms. The van der Waals surface area contributed by atoms with Gasteiger partial charge in [0.15, 0.2) is 0 Å². The van der Waals surface area contributed by atoms with Gasteiger partial charge >= 0.3 is 0 Å². The van der Waals surface area contributed by atoms with Gasteiger partial charge in [0.05, 0.1) is 47.7 Å². The Balaban J connectivity index is 1.65. The van der Waals surface area contributed by atoms with Crippen molar-refractivity contribution >= 4 is 27.3 Å². The van der Waals surface area contributed by atoms with E-state index < -0.39 is 10.0 Å². The number of anilines is 1. The Morgan fingerprint density at radius 2 is 1.73 bits per heavy atom. The molecule has 1 aliphatic heterocycles. The molecule has 0 amide bonds. The van der Waals surface area contributed by atoms with Crippen LogP contribution in [0.1, 0.15) is 50.3 Å². The largest absolute Gasteiger partial charge is 0.493 e. The molecule has 41 heavy (non-hydrogen) atoms. The average molecular weight is 603 g/mol. The molecule has 1 fully saturated rings. The highest BCUT2D eigenvalue weighted by Gasteiger charge is 2.22. The van der Waals surface area contributed by atoms with E-state index in [2.05, 4.69) is 14.6 Å². The van der Waals surface area contributed by atoms with Crippen molar-refractivity contribution < 1.29 is 22.6 Å². The lowest BCUT2D eigenvalue weighted by atomic mass is 10.1. The SMILES string of the molecule is CCOc1cc(N2CCOCC2)c(OCC)cc1Cc1ncc(Cl)c(Cc2ccccc2S(=O)(=O)NCC(C)C)n1. The van der Waals surface area contributed by atoms with E-state index in [1.807, 2.05) is 45.9 Å². The van der Waals surface area contributed by atoms with Gasteiger partial charge in [-0.05, 0) is 37.5 Å². The van der Waals surface area contributed by atoms with Crippen LogP contribution in [0.25, 0.3) is 0 Å². The van der Waals surface area contributed by atoms with Crippen molar-refractivity contribution in [3.8, 4) is 11.5 Å². The molecule has 1 aliphatic rings. The van der Waals surface area contributed by atoms with Crippen molar-refractivity contribution in [2.45, 2.75) is 45.4 Å². The molecule has 0 radical (unpaired) electrons. The highest BCUT2D eigenvalue weighted by atomic mass is 35.5. The zero-order chi connectivity index (χ0) is 29.4. The molecule has 0 atom stereocenters. The normalized spacial score (nSPS) is 14.0. The Bertz CT molecular complexity index is 1430. The van der Waals surface area contributed by atoms with Crippen LogP contribution in [-0.2, 0) is 27.6 Å². The lowest BCUT2D eigenvalue weighted by Crippen LogP contribution is -2.36. The van der Waals surface area contributed by atoms with E-state index in [0.717, 1.165) is 35.8 Å². The summed E-state index contributed by atoms with van der Waals surface area (Å²) in [6, 6.07) is 10.9. The van der Waals surface area contributed by atoms with E-state index in [0.29, 0.717) is 61.5 Å². The maximum atomic E-state index is 13.1. The maximum Gasteiger partial charge on any atom is 0.240 e. The summed E-state index contributed by atoms with van der Waals surface area (Å²) in [5, 5.41) is 0.374. The van der Waals surface area contributed by atoms with Gasteiger partial charge in [-0.2, -0.15) is 0 Å². The van der Waals surface area contributed by atoms with Crippen LogP contribution in [0.2, 0.25) is 5.02 Å². The molecule has 0 aliphatic carbocycles. The smallest absolute Gasteiger partial charge is 0.240 e. The second-order valence-electron chi connectivity index (χ2n) is 10.2. The van der Waals surface area contributed by atoms with Crippen LogP contribution < -0.4 is 19.1 Å². The molecule has 222 valence electrons. The Labute approximate surface area is 248 Å². The van der Waals surface area contributed by atoms with Crippen LogP contribution in [0.15, 0.2) is 47.5 Å². The quantitative estimate of drug-likeness (QED) is 0.295. The number of benzene rings is 2. The first-order chi connectivity index (χ1) is 19.7. The van der Waals surface area contributed by atoms with E-state index in [1.165, 1.54) is 0 Å². The predicted octanol–water partition coefficient (Wildman–Crippen LogP) is 4.88. The molecular formula is C30H39ClN4O5S. The number of morpholine rings is 1. The lowest BCUT2D eigenvalue weighted by Gasteiger charge is -2.31. The first kappa shape index (κ1) is 31.0. The first-order valence-corrected chi connectivity index (χ1v) is 15.9. The molecule has 1 saturated heterocycles. The maximum absolute atomic E-state index is 13.1. The summed E-state index contributed by atoms with van der Waals surface area (Å²) >= 11 is 6.52.